The molecule has 0 aliphatic rings. The Hall–Kier alpha value is -1.34. The van der Waals surface area contributed by atoms with Crippen LogP contribution in [0.5, 0.6) is 5.88 Å². The Kier molecular flexibility index (Phi) is 4.73. The summed E-state index contributed by atoms with van der Waals surface area (Å²) in [5, 5.41) is 19.4. The van der Waals surface area contributed by atoms with Crippen molar-refractivity contribution < 1.29 is 9.84 Å². The number of aliphatic hydroxyl groups is 1. The second-order valence-electron chi connectivity index (χ2n) is 5.04. The number of hydrogen-bond donors (Lipinski definition) is 1. The number of methoxy groups -OCH3 is 1. The summed E-state index contributed by atoms with van der Waals surface area (Å²) in [6.45, 7) is 3.93. The molecule has 116 valence electrons. The monoisotopic (exact) mass is 356 g/mol. The van der Waals surface area contributed by atoms with Gasteiger partial charge in [-0.1, -0.05) is 6.92 Å². The first-order valence-corrected chi connectivity index (χ1v) is 7.65. The molecule has 0 amide bonds. The molecule has 0 aromatic carbocycles. The lowest BCUT2D eigenvalue weighted by Crippen LogP contribution is -2.09. The van der Waals surface area contributed by atoms with Gasteiger partial charge in [0.2, 0.25) is 5.88 Å². The Morgan fingerprint density at radius 1 is 1.29 bits per heavy atom. The average Bonchev–Trinajstić information content (AvgIpc) is 2.87. The Bertz CT molecular complexity index is 648. The molecule has 1 atom stereocenters. The normalized spacial score (nSPS) is 12.7. The van der Waals surface area contributed by atoms with Crippen molar-refractivity contribution >= 4 is 15.9 Å². The first-order valence-electron chi connectivity index (χ1n) is 6.86. The van der Waals surface area contributed by atoms with E-state index in [0.29, 0.717) is 12.3 Å². The molecule has 0 radical (unpaired) electrons. The van der Waals surface area contributed by atoms with E-state index in [1.807, 2.05) is 18.7 Å². The van der Waals surface area contributed by atoms with Crippen LogP contribution >= 0.6 is 15.9 Å². The van der Waals surface area contributed by atoms with E-state index in [9.17, 15) is 5.11 Å². The van der Waals surface area contributed by atoms with E-state index in [0.717, 1.165) is 33.5 Å². The molecule has 0 saturated carbocycles. The van der Waals surface area contributed by atoms with Crippen LogP contribution in [0.1, 0.15) is 35.7 Å². The van der Waals surface area contributed by atoms with Crippen molar-refractivity contribution in [3.63, 3.8) is 0 Å². The first-order chi connectivity index (χ1) is 9.90. The summed E-state index contributed by atoms with van der Waals surface area (Å²) in [6, 6.07) is 0. The summed E-state index contributed by atoms with van der Waals surface area (Å²) in [6.07, 6.45) is 0.609. The molecule has 21 heavy (non-hydrogen) atoms. The Balaban J connectivity index is 2.35. The molecule has 0 fully saturated rings. The predicted octanol–water partition coefficient (Wildman–Crippen LogP) is 2.07. The number of rotatable bonds is 5. The number of aryl methyl sites for hydroxylation is 4. The number of aromatic nitrogens is 4. The van der Waals surface area contributed by atoms with Crippen LogP contribution in [0.4, 0.5) is 0 Å². The van der Waals surface area contributed by atoms with Gasteiger partial charge in [-0.25, -0.2) is 4.68 Å². The smallest absolute Gasteiger partial charge is 0.217 e. The molecule has 6 nitrogen and oxygen atoms in total. The lowest BCUT2D eigenvalue weighted by Gasteiger charge is -2.13. The summed E-state index contributed by atoms with van der Waals surface area (Å²) in [7, 11) is 5.28. The van der Waals surface area contributed by atoms with Crippen LogP contribution in [0.15, 0.2) is 4.47 Å². The molecule has 1 unspecified atom stereocenters. The minimum absolute atomic E-state index is 0.451. The van der Waals surface area contributed by atoms with Crippen LogP contribution in [0.2, 0.25) is 0 Å². The van der Waals surface area contributed by atoms with Crippen molar-refractivity contribution in [2.24, 2.45) is 14.1 Å². The van der Waals surface area contributed by atoms with Crippen LogP contribution in [0.3, 0.4) is 0 Å². The molecule has 2 aromatic rings. The molecule has 0 saturated heterocycles. The standard InChI is InChI=1S/C14H21BrN4O2/c1-6-9-13(15)10(18(3)17-9)7-11(20)12-8(2)16-19(4)14(12)21-5/h11,20H,6-7H2,1-5H3. The van der Waals surface area contributed by atoms with Gasteiger partial charge in [0.15, 0.2) is 0 Å². The summed E-state index contributed by atoms with van der Waals surface area (Å²) in [5.41, 5.74) is 3.46. The summed E-state index contributed by atoms with van der Waals surface area (Å²) < 4.78 is 9.77. The topological polar surface area (TPSA) is 65.1 Å². The number of nitrogens with zero attached hydrogens (tertiary/aromatic N) is 4. The molecule has 0 aliphatic carbocycles. The van der Waals surface area contributed by atoms with Crippen molar-refractivity contribution in [2.45, 2.75) is 32.8 Å². The summed E-state index contributed by atoms with van der Waals surface area (Å²) in [4.78, 5) is 0. The van der Waals surface area contributed by atoms with Gasteiger partial charge >= 0.3 is 0 Å². The van der Waals surface area contributed by atoms with Gasteiger partial charge in [0.05, 0.1) is 40.3 Å². The fraction of sp³-hybridized carbons (Fsp3) is 0.571. The third-order valence-electron chi connectivity index (χ3n) is 3.63. The maximum absolute atomic E-state index is 10.6. The van der Waals surface area contributed by atoms with Crippen molar-refractivity contribution in [1.82, 2.24) is 19.6 Å². The van der Waals surface area contributed by atoms with E-state index in [1.54, 1.807) is 18.8 Å². The van der Waals surface area contributed by atoms with Crippen LogP contribution < -0.4 is 4.74 Å². The van der Waals surface area contributed by atoms with Gasteiger partial charge in [-0.05, 0) is 29.3 Å². The van der Waals surface area contributed by atoms with E-state index in [4.69, 9.17) is 4.74 Å². The van der Waals surface area contributed by atoms with E-state index in [1.165, 1.54) is 0 Å². The van der Waals surface area contributed by atoms with E-state index >= 15 is 0 Å². The molecule has 2 heterocycles. The lowest BCUT2D eigenvalue weighted by molar-refractivity contribution is 0.170. The highest BCUT2D eigenvalue weighted by atomic mass is 79.9. The Morgan fingerprint density at radius 3 is 2.48 bits per heavy atom. The second-order valence-corrected chi connectivity index (χ2v) is 5.83. The second kappa shape index (κ2) is 6.19. The summed E-state index contributed by atoms with van der Waals surface area (Å²) >= 11 is 3.58. The third-order valence-corrected chi connectivity index (χ3v) is 4.55. The first kappa shape index (κ1) is 16.0. The van der Waals surface area contributed by atoms with Crippen molar-refractivity contribution in [3.05, 3.63) is 27.1 Å². The molecule has 2 aromatic heterocycles. The largest absolute Gasteiger partial charge is 0.481 e. The Morgan fingerprint density at radius 2 is 1.95 bits per heavy atom. The molecule has 0 bridgehead atoms. The minimum atomic E-state index is -0.690. The van der Waals surface area contributed by atoms with Gasteiger partial charge in [-0.3, -0.25) is 4.68 Å². The van der Waals surface area contributed by atoms with Gasteiger partial charge in [0, 0.05) is 20.5 Å². The van der Waals surface area contributed by atoms with Crippen molar-refractivity contribution in [2.75, 3.05) is 7.11 Å². The number of ether oxygens (including phenoxy) is 1. The third kappa shape index (κ3) is 2.85. The van der Waals surface area contributed by atoms with Gasteiger partial charge in [0.1, 0.15) is 0 Å². The highest BCUT2D eigenvalue weighted by Gasteiger charge is 2.24. The highest BCUT2D eigenvalue weighted by Crippen LogP contribution is 2.32. The molecule has 1 N–H and O–H groups in total. The predicted molar refractivity (Wildman–Crippen MR) is 83.4 cm³/mol. The summed E-state index contributed by atoms with van der Waals surface area (Å²) in [5.74, 6) is 0.592. The maximum Gasteiger partial charge on any atom is 0.217 e. The Labute approximate surface area is 132 Å². The quantitative estimate of drug-likeness (QED) is 0.890. The molecule has 2 rings (SSSR count). The molecule has 7 heteroatoms. The fourth-order valence-electron chi connectivity index (χ4n) is 2.61. The van der Waals surface area contributed by atoms with Gasteiger partial charge < -0.3 is 9.84 Å². The zero-order chi connectivity index (χ0) is 15.7. The van der Waals surface area contributed by atoms with Crippen LogP contribution in [-0.2, 0) is 26.9 Å². The molecule has 0 spiro atoms. The number of halogens is 1. The number of hydrogen-bond acceptors (Lipinski definition) is 4. The van der Waals surface area contributed by atoms with Gasteiger partial charge in [-0.15, -0.1) is 0 Å². The lowest BCUT2D eigenvalue weighted by atomic mass is 10.0. The fourth-order valence-corrected chi connectivity index (χ4v) is 3.38. The van der Waals surface area contributed by atoms with Crippen LogP contribution in [-0.4, -0.2) is 31.8 Å². The molecular weight excluding hydrogens is 336 g/mol. The van der Waals surface area contributed by atoms with Crippen molar-refractivity contribution in [3.8, 4) is 5.88 Å². The van der Waals surface area contributed by atoms with E-state index in [2.05, 4.69) is 33.1 Å². The zero-order valence-corrected chi connectivity index (χ0v) is 14.6. The SMILES string of the molecule is CCc1nn(C)c(CC(O)c2c(C)nn(C)c2OC)c1Br. The van der Waals surface area contributed by atoms with E-state index < -0.39 is 6.10 Å². The van der Waals surface area contributed by atoms with E-state index in [-0.39, 0.29) is 0 Å². The van der Waals surface area contributed by atoms with Gasteiger partial charge in [-0.2, -0.15) is 10.2 Å². The highest BCUT2D eigenvalue weighted by molar-refractivity contribution is 9.10. The average molecular weight is 357 g/mol. The number of aliphatic hydroxyl groups excluding tert-OH is 1. The maximum atomic E-state index is 10.6. The minimum Gasteiger partial charge on any atom is -0.481 e. The zero-order valence-electron chi connectivity index (χ0n) is 13.0. The molecular formula is C14H21BrN4O2. The van der Waals surface area contributed by atoms with Crippen LogP contribution in [0.25, 0.3) is 0 Å². The van der Waals surface area contributed by atoms with Crippen LogP contribution in [0, 0.1) is 6.92 Å². The van der Waals surface area contributed by atoms with Gasteiger partial charge in [0.25, 0.3) is 0 Å². The molecule has 0 aliphatic heterocycles. The van der Waals surface area contributed by atoms with Crippen molar-refractivity contribution in [1.29, 1.82) is 0 Å².